The molecule has 0 unspecified atom stereocenters. The minimum atomic E-state index is -0.683. The van der Waals surface area contributed by atoms with E-state index in [1.165, 1.54) is 17.8 Å². The number of aromatic nitrogens is 1. The predicted molar refractivity (Wildman–Crippen MR) is 65.5 cm³/mol. The van der Waals surface area contributed by atoms with Crippen molar-refractivity contribution in [2.24, 2.45) is 5.73 Å². The molecule has 1 saturated carbocycles. The molecular formula is C11H17N3OS. The predicted octanol–water partition coefficient (Wildman–Crippen LogP) is 2.05. The minimum absolute atomic E-state index is 0.0819. The van der Waals surface area contributed by atoms with Crippen molar-refractivity contribution in [1.82, 2.24) is 4.98 Å². The molecule has 0 aliphatic heterocycles. The fraction of sp³-hybridized carbons (Fsp3) is 0.636. The van der Waals surface area contributed by atoms with E-state index in [4.69, 9.17) is 5.73 Å². The summed E-state index contributed by atoms with van der Waals surface area (Å²) in [5, 5.41) is 3.47. The number of thiazole rings is 1. The Morgan fingerprint density at radius 2 is 2.19 bits per heavy atom. The number of anilines is 1. The van der Waals surface area contributed by atoms with Crippen LogP contribution in [0.5, 0.6) is 0 Å². The topological polar surface area (TPSA) is 68.0 Å². The molecule has 1 aromatic rings. The third kappa shape index (κ3) is 2.41. The molecule has 3 N–H and O–H groups in total. The van der Waals surface area contributed by atoms with Crippen molar-refractivity contribution in [1.29, 1.82) is 0 Å². The summed E-state index contributed by atoms with van der Waals surface area (Å²) >= 11 is 1.48. The standard InChI is InChI=1S/C11H17N3OS/c1-8-7-13-10(16-8)14-9(15)11(12)5-3-2-4-6-11/h7H,2-6,12H2,1H3,(H,13,14,15). The van der Waals surface area contributed by atoms with Crippen molar-refractivity contribution in [3.63, 3.8) is 0 Å². The summed E-state index contributed by atoms with van der Waals surface area (Å²) in [5.41, 5.74) is 5.44. The van der Waals surface area contributed by atoms with Gasteiger partial charge in [0, 0.05) is 11.1 Å². The van der Waals surface area contributed by atoms with E-state index in [1.807, 2.05) is 6.92 Å². The maximum atomic E-state index is 12.0. The van der Waals surface area contributed by atoms with Gasteiger partial charge >= 0.3 is 0 Å². The van der Waals surface area contributed by atoms with Gasteiger partial charge in [-0.25, -0.2) is 4.98 Å². The van der Waals surface area contributed by atoms with Crippen LogP contribution in [0.4, 0.5) is 5.13 Å². The lowest BCUT2D eigenvalue weighted by molar-refractivity contribution is -0.122. The summed E-state index contributed by atoms with van der Waals surface area (Å²) in [5.74, 6) is -0.0819. The van der Waals surface area contributed by atoms with Crippen molar-refractivity contribution < 1.29 is 4.79 Å². The van der Waals surface area contributed by atoms with Crippen LogP contribution in [0.15, 0.2) is 6.20 Å². The van der Waals surface area contributed by atoms with Gasteiger partial charge in [-0.1, -0.05) is 19.3 Å². The highest BCUT2D eigenvalue weighted by atomic mass is 32.1. The zero-order valence-corrected chi connectivity index (χ0v) is 10.3. The van der Waals surface area contributed by atoms with Crippen LogP contribution in [-0.2, 0) is 4.79 Å². The summed E-state index contributed by atoms with van der Waals surface area (Å²) in [7, 11) is 0. The Kier molecular flexibility index (Phi) is 3.25. The molecule has 0 radical (unpaired) electrons. The molecule has 88 valence electrons. The Balaban J connectivity index is 2.01. The normalized spacial score (nSPS) is 19.4. The number of nitrogens with two attached hydrogens (primary N) is 1. The van der Waals surface area contributed by atoms with E-state index in [0.29, 0.717) is 5.13 Å². The number of amides is 1. The van der Waals surface area contributed by atoms with Crippen LogP contribution in [0, 0.1) is 6.92 Å². The van der Waals surface area contributed by atoms with Crippen molar-refractivity contribution in [3.8, 4) is 0 Å². The van der Waals surface area contributed by atoms with E-state index in [0.717, 1.165) is 30.6 Å². The number of hydrogen-bond donors (Lipinski definition) is 2. The maximum absolute atomic E-state index is 12.0. The Morgan fingerprint density at radius 3 is 2.75 bits per heavy atom. The van der Waals surface area contributed by atoms with Gasteiger partial charge in [-0.2, -0.15) is 0 Å². The molecule has 1 heterocycles. The van der Waals surface area contributed by atoms with E-state index in [1.54, 1.807) is 6.20 Å². The van der Waals surface area contributed by atoms with Gasteiger partial charge in [0.1, 0.15) is 0 Å². The van der Waals surface area contributed by atoms with E-state index >= 15 is 0 Å². The molecule has 1 aliphatic carbocycles. The molecule has 0 atom stereocenters. The number of hydrogen-bond acceptors (Lipinski definition) is 4. The fourth-order valence-electron chi connectivity index (χ4n) is 2.04. The van der Waals surface area contributed by atoms with Gasteiger partial charge in [-0.05, 0) is 19.8 Å². The van der Waals surface area contributed by atoms with Crippen molar-refractivity contribution in [2.75, 3.05) is 5.32 Å². The van der Waals surface area contributed by atoms with Gasteiger partial charge in [0.05, 0.1) is 5.54 Å². The second-order valence-corrected chi connectivity index (χ2v) is 5.68. The van der Waals surface area contributed by atoms with E-state index in [9.17, 15) is 4.79 Å². The number of rotatable bonds is 2. The van der Waals surface area contributed by atoms with Gasteiger partial charge in [0.15, 0.2) is 5.13 Å². The van der Waals surface area contributed by atoms with Crippen molar-refractivity contribution in [3.05, 3.63) is 11.1 Å². The Morgan fingerprint density at radius 1 is 1.50 bits per heavy atom. The zero-order chi connectivity index (χ0) is 11.6. The monoisotopic (exact) mass is 239 g/mol. The number of carbonyl (C=O) groups is 1. The number of nitrogens with one attached hydrogen (secondary N) is 1. The lowest BCUT2D eigenvalue weighted by Crippen LogP contribution is -2.52. The molecule has 4 nitrogen and oxygen atoms in total. The summed E-state index contributed by atoms with van der Waals surface area (Å²) < 4.78 is 0. The summed E-state index contributed by atoms with van der Waals surface area (Å²) in [4.78, 5) is 17.2. The highest BCUT2D eigenvalue weighted by Gasteiger charge is 2.35. The van der Waals surface area contributed by atoms with Crippen LogP contribution in [-0.4, -0.2) is 16.4 Å². The van der Waals surface area contributed by atoms with Crippen molar-refractivity contribution in [2.45, 2.75) is 44.6 Å². The molecule has 5 heteroatoms. The molecule has 0 bridgehead atoms. The summed E-state index contributed by atoms with van der Waals surface area (Å²) in [6, 6.07) is 0. The zero-order valence-electron chi connectivity index (χ0n) is 9.45. The van der Waals surface area contributed by atoms with Crippen LogP contribution in [0.2, 0.25) is 0 Å². The Bertz CT molecular complexity index is 382. The highest BCUT2D eigenvalue weighted by Crippen LogP contribution is 2.27. The van der Waals surface area contributed by atoms with Crippen LogP contribution in [0.3, 0.4) is 0 Å². The van der Waals surface area contributed by atoms with Gasteiger partial charge in [-0.15, -0.1) is 11.3 Å². The first-order valence-electron chi connectivity index (χ1n) is 5.63. The maximum Gasteiger partial charge on any atom is 0.246 e. The SMILES string of the molecule is Cc1cnc(NC(=O)C2(N)CCCCC2)s1. The summed E-state index contributed by atoms with van der Waals surface area (Å²) in [6.45, 7) is 1.96. The molecular weight excluding hydrogens is 222 g/mol. The van der Waals surface area contributed by atoms with Crippen molar-refractivity contribution >= 4 is 22.4 Å². The van der Waals surface area contributed by atoms with Gasteiger partial charge in [-0.3, -0.25) is 4.79 Å². The first-order valence-corrected chi connectivity index (χ1v) is 6.45. The second kappa shape index (κ2) is 4.51. The fourth-order valence-corrected chi connectivity index (χ4v) is 2.70. The lowest BCUT2D eigenvalue weighted by Gasteiger charge is -2.31. The molecule has 2 rings (SSSR count). The molecule has 1 aromatic heterocycles. The molecule has 1 fully saturated rings. The third-order valence-electron chi connectivity index (χ3n) is 3.04. The van der Waals surface area contributed by atoms with Crippen LogP contribution in [0.1, 0.15) is 37.0 Å². The van der Waals surface area contributed by atoms with E-state index in [2.05, 4.69) is 10.3 Å². The average Bonchev–Trinajstić information content (AvgIpc) is 2.65. The van der Waals surface area contributed by atoms with Gasteiger partial charge in [0.25, 0.3) is 0 Å². The highest BCUT2D eigenvalue weighted by molar-refractivity contribution is 7.15. The third-order valence-corrected chi connectivity index (χ3v) is 3.87. The molecule has 16 heavy (non-hydrogen) atoms. The minimum Gasteiger partial charge on any atom is -0.317 e. The number of aryl methyl sites for hydroxylation is 1. The van der Waals surface area contributed by atoms with Gasteiger partial charge < -0.3 is 11.1 Å². The molecule has 0 spiro atoms. The smallest absolute Gasteiger partial charge is 0.246 e. The average molecular weight is 239 g/mol. The first kappa shape index (κ1) is 11.5. The van der Waals surface area contributed by atoms with Crippen LogP contribution < -0.4 is 11.1 Å². The molecule has 0 aromatic carbocycles. The quantitative estimate of drug-likeness (QED) is 0.830. The van der Waals surface area contributed by atoms with Crippen LogP contribution >= 0.6 is 11.3 Å². The molecule has 1 aliphatic rings. The van der Waals surface area contributed by atoms with E-state index < -0.39 is 5.54 Å². The lowest BCUT2D eigenvalue weighted by atomic mass is 9.82. The molecule has 1 amide bonds. The van der Waals surface area contributed by atoms with Crippen LogP contribution in [0.25, 0.3) is 0 Å². The van der Waals surface area contributed by atoms with Gasteiger partial charge in [0.2, 0.25) is 5.91 Å². The Labute approximate surface area is 99.3 Å². The first-order chi connectivity index (χ1) is 7.60. The number of nitrogens with zero attached hydrogens (tertiary/aromatic N) is 1. The second-order valence-electron chi connectivity index (χ2n) is 4.45. The molecule has 0 saturated heterocycles. The summed E-state index contributed by atoms with van der Waals surface area (Å²) in [6.07, 6.45) is 6.58. The number of carbonyl (C=O) groups excluding carboxylic acids is 1. The van der Waals surface area contributed by atoms with E-state index in [-0.39, 0.29) is 5.91 Å². The Hall–Kier alpha value is -0.940. The largest absolute Gasteiger partial charge is 0.317 e.